The second-order valence-electron chi connectivity index (χ2n) is 6.65. The van der Waals surface area contributed by atoms with Crippen LogP contribution in [0.5, 0.6) is 17.2 Å². The zero-order valence-corrected chi connectivity index (χ0v) is 16.6. The zero-order valence-electron chi connectivity index (χ0n) is 16.6. The molecule has 1 heterocycles. The fourth-order valence-electron chi connectivity index (χ4n) is 3.51. The summed E-state index contributed by atoms with van der Waals surface area (Å²) < 4.78 is 17.0. The lowest BCUT2D eigenvalue weighted by Gasteiger charge is -2.10. The van der Waals surface area contributed by atoms with Gasteiger partial charge in [0.1, 0.15) is 28.6 Å². The van der Waals surface area contributed by atoms with E-state index >= 15 is 0 Å². The Bertz CT molecular complexity index is 1170. The Morgan fingerprint density at radius 2 is 1.52 bits per heavy atom. The van der Waals surface area contributed by atoms with Crippen LogP contribution in [0.4, 0.5) is 0 Å². The van der Waals surface area contributed by atoms with Crippen LogP contribution in [0.1, 0.15) is 18.1 Å². The summed E-state index contributed by atoms with van der Waals surface area (Å²) in [5.74, 6) is 2.54. The summed E-state index contributed by atoms with van der Waals surface area (Å²) in [4.78, 5) is 0. The number of ether oxygens (including phenoxy) is 2. The van der Waals surface area contributed by atoms with Crippen LogP contribution in [-0.4, -0.2) is 19.3 Å². The standard InChI is InChI=1S/C25H22O4/c1-4-21(16-5-9-18(26)10-6-16)24-22-14-13-20(28-3)15-23(22)29-25(24)17-7-11-19(27-2)12-8-17/h4-15,26H,1-3H3/b21-4+. The second-order valence-corrected chi connectivity index (χ2v) is 6.65. The first-order valence-electron chi connectivity index (χ1n) is 9.35. The van der Waals surface area contributed by atoms with Gasteiger partial charge in [-0.25, -0.2) is 0 Å². The summed E-state index contributed by atoms with van der Waals surface area (Å²) >= 11 is 0. The Balaban J connectivity index is 1.97. The van der Waals surface area contributed by atoms with Crippen molar-refractivity contribution in [1.82, 2.24) is 0 Å². The molecule has 1 N–H and O–H groups in total. The summed E-state index contributed by atoms with van der Waals surface area (Å²) in [5, 5.41) is 10.7. The van der Waals surface area contributed by atoms with Crippen LogP contribution in [0.25, 0.3) is 27.9 Å². The van der Waals surface area contributed by atoms with Crippen molar-refractivity contribution in [3.05, 3.63) is 83.9 Å². The zero-order chi connectivity index (χ0) is 20.4. The molecule has 0 spiro atoms. The molecule has 4 aromatic rings. The number of phenolic OH excluding ortho intramolecular Hbond substituents is 1. The van der Waals surface area contributed by atoms with Gasteiger partial charge in [-0.15, -0.1) is 0 Å². The summed E-state index contributed by atoms with van der Waals surface area (Å²) in [6, 6.07) is 20.9. The number of hydrogen-bond acceptors (Lipinski definition) is 4. The highest BCUT2D eigenvalue weighted by Gasteiger charge is 2.20. The second kappa shape index (κ2) is 7.76. The van der Waals surface area contributed by atoms with Gasteiger partial charge in [0.2, 0.25) is 0 Å². The van der Waals surface area contributed by atoms with E-state index in [1.165, 1.54) is 0 Å². The largest absolute Gasteiger partial charge is 0.508 e. The van der Waals surface area contributed by atoms with E-state index in [0.717, 1.165) is 50.5 Å². The minimum atomic E-state index is 0.237. The fourth-order valence-corrected chi connectivity index (χ4v) is 3.51. The lowest BCUT2D eigenvalue weighted by atomic mass is 9.93. The van der Waals surface area contributed by atoms with E-state index in [4.69, 9.17) is 13.9 Å². The monoisotopic (exact) mass is 386 g/mol. The summed E-state index contributed by atoms with van der Waals surface area (Å²) in [6.45, 7) is 2.00. The van der Waals surface area contributed by atoms with E-state index in [-0.39, 0.29) is 5.75 Å². The molecule has 0 atom stereocenters. The highest BCUT2D eigenvalue weighted by molar-refractivity contribution is 6.02. The van der Waals surface area contributed by atoms with Gasteiger partial charge in [0.05, 0.1) is 14.2 Å². The van der Waals surface area contributed by atoms with Crippen LogP contribution < -0.4 is 9.47 Å². The number of rotatable bonds is 5. The third kappa shape index (κ3) is 3.45. The molecule has 29 heavy (non-hydrogen) atoms. The van der Waals surface area contributed by atoms with Gasteiger partial charge in [-0.05, 0) is 66.6 Å². The van der Waals surface area contributed by atoms with E-state index in [1.54, 1.807) is 26.4 Å². The Kier molecular flexibility index (Phi) is 5.00. The maximum absolute atomic E-state index is 9.69. The van der Waals surface area contributed by atoms with Gasteiger partial charge in [-0.3, -0.25) is 0 Å². The normalized spacial score (nSPS) is 11.6. The number of fused-ring (bicyclic) bond motifs is 1. The number of furan rings is 1. The van der Waals surface area contributed by atoms with Crippen LogP contribution >= 0.6 is 0 Å². The Hall–Kier alpha value is -3.66. The van der Waals surface area contributed by atoms with Crippen molar-refractivity contribution in [2.45, 2.75) is 6.92 Å². The van der Waals surface area contributed by atoms with Gasteiger partial charge in [0.15, 0.2) is 0 Å². The van der Waals surface area contributed by atoms with Crippen molar-refractivity contribution in [2.75, 3.05) is 14.2 Å². The minimum Gasteiger partial charge on any atom is -0.508 e. The predicted molar refractivity (Wildman–Crippen MR) is 116 cm³/mol. The van der Waals surface area contributed by atoms with Crippen molar-refractivity contribution in [1.29, 1.82) is 0 Å². The highest BCUT2D eigenvalue weighted by Crippen LogP contribution is 2.42. The van der Waals surface area contributed by atoms with Crippen molar-refractivity contribution < 1.29 is 19.0 Å². The number of allylic oxidation sites excluding steroid dienone is 1. The lowest BCUT2D eigenvalue weighted by molar-refractivity contribution is 0.414. The van der Waals surface area contributed by atoms with Gasteiger partial charge >= 0.3 is 0 Å². The molecule has 3 aromatic carbocycles. The smallest absolute Gasteiger partial charge is 0.143 e. The molecule has 0 aliphatic heterocycles. The number of hydrogen-bond donors (Lipinski definition) is 1. The number of phenols is 1. The topological polar surface area (TPSA) is 51.8 Å². The van der Waals surface area contributed by atoms with Crippen molar-refractivity contribution in [3.63, 3.8) is 0 Å². The maximum Gasteiger partial charge on any atom is 0.143 e. The van der Waals surface area contributed by atoms with Crippen LogP contribution in [0.2, 0.25) is 0 Å². The maximum atomic E-state index is 9.69. The van der Waals surface area contributed by atoms with Crippen LogP contribution in [-0.2, 0) is 0 Å². The molecule has 0 bridgehead atoms. The molecule has 0 saturated carbocycles. The highest BCUT2D eigenvalue weighted by atomic mass is 16.5. The molecule has 0 radical (unpaired) electrons. The first-order chi connectivity index (χ1) is 14.1. The first-order valence-corrected chi connectivity index (χ1v) is 9.35. The minimum absolute atomic E-state index is 0.237. The lowest BCUT2D eigenvalue weighted by Crippen LogP contribution is -1.90. The average molecular weight is 386 g/mol. The Labute approximate surface area is 169 Å². The quantitative estimate of drug-likeness (QED) is 0.439. The van der Waals surface area contributed by atoms with Gasteiger partial charge < -0.3 is 19.0 Å². The summed E-state index contributed by atoms with van der Waals surface area (Å²) in [6.07, 6.45) is 2.06. The fraction of sp³-hybridized carbons (Fsp3) is 0.120. The van der Waals surface area contributed by atoms with E-state index in [1.807, 2.05) is 61.5 Å². The van der Waals surface area contributed by atoms with E-state index in [9.17, 15) is 5.11 Å². The molecule has 0 amide bonds. The molecule has 0 unspecified atom stereocenters. The van der Waals surface area contributed by atoms with Gasteiger partial charge in [0.25, 0.3) is 0 Å². The molecule has 0 aliphatic rings. The first kappa shape index (κ1) is 18.7. The van der Waals surface area contributed by atoms with Crippen LogP contribution in [0.3, 0.4) is 0 Å². The average Bonchev–Trinajstić information content (AvgIpc) is 3.14. The number of aromatic hydroxyl groups is 1. The molecule has 4 nitrogen and oxygen atoms in total. The van der Waals surface area contributed by atoms with Crippen molar-refractivity contribution >= 4 is 16.5 Å². The summed E-state index contributed by atoms with van der Waals surface area (Å²) in [5.41, 5.74) is 4.73. The molecule has 0 fully saturated rings. The molecule has 0 aliphatic carbocycles. The van der Waals surface area contributed by atoms with Gasteiger partial charge in [-0.2, -0.15) is 0 Å². The van der Waals surface area contributed by atoms with Crippen LogP contribution in [0, 0.1) is 0 Å². The molecule has 4 rings (SSSR count). The molecular weight excluding hydrogens is 364 g/mol. The SMILES string of the molecule is C/C=C(\c1ccc(O)cc1)c1c(-c2ccc(OC)cc2)oc2cc(OC)ccc12. The molecular formula is C25H22O4. The van der Waals surface area contributed by atoms with Gasteiger partial charge in [0, 0.05) is 22.6 Å². The van der Waals surface area contributed by atoms with Crippen molar-refractivity contribution in [2.24, 2.45) is 0 Å². The molecule has 146 valence electrons. The molecule has 4 heteroatoms. The van der Waals surface area contributed by atoms with Crippen LogP contribution in [0.15, 0.2) is 77.2 Å². The Morgan fingerprint density at radius 3 is 2.14 bits per heavy atom. The van der Waals surface area contributed by atoms with E-state index in [0.29, 0.717) is 0 Å². The predicted octanol–water partition coefficient (Wildman–Crippen LogP) is 6.27. The van der Waals surface area contributed by atoms with Gasteiger partial charge in [-0.1, -0.05) is 18.2 Å². The van der Waals surface area contributed by atoms with E-state index < -0.39 is 0 Å². The number of benzene rings is 3. The summed E-state index contributed by atoms with van der Waals surface area (Å²) in [7, 11) is 3.29. The molecule has 1 aromatic heterocycles. The van der Waals surface area contributed by atoms with Crippen molar-refractivity contribution in [3.8, 4) is 28.6 Å². The van der Waals surface area contributed by atoms with E-state index in [2.05, 4.69) is 6.08 Å². The third-order valence-corrected chi connectivity index (χ3v) is 4.99. The third-order valence-electron chi connectivity index (χ3n) is 4.99. The molecule has 0 saturated heterocycles. The Morgan fingerprint density at radius 1 is 0.862 bits per heavy atom. The number of methoxy groups -OCH3 is 2.